The van der Waals surface area contributed by atoms with Crippen molar-refractivity contribution in [2.45, 2.75) is 13.5 Å². The third-order valence-electron chi connectivity index (χ3n) is 3.63. The van der Waals surface area contributed by atoms with Crippen LogP contribution in [0.5, 0.6) is 0 Å². The first-order valence-electron chi connectivity index (χ1n) is 6.90. The van der Waals surface area contributed by atoms with Gasteiger partial charge in [-0.2, -0.15) is 0 Å². The molecule has 1 aliphatic rings. The second-order valence-corrected chi connectivity index (χ2v) is 7.25. The molecule has 1 aliphatic heterocycles. The quantitative estimate of drug-likeness (QED) is 0.715. The Labute approximate surface area is 125 Å². The highest BCUT2D eigenvalue weighted by Gasteiger charge is 2.28. The zero-order chi connectivity index (χ0) is 15.5. The molecule has 3 N–H and O–H groups in total. The van der Waals surface area contributed by atoms with Crippen LogP contribution in [0.2, 0.25) is 0 Å². The second-order valence-electron chi connectivity index (χ2n) is 5.50. The average Bonchev–Trinajstić information content (AvgIpc) is 2.32. The minimum absolute atomic E-state index is 0.0106. The van der Waals surface area contributed by atoms with Crippen LogP contribution < -0.4 is 15.4 Å². The van der Waals surface area contributed by atoms with Gasteiger partial charge in [0.25, 0.3) is 0 Å². The molecular weight excluding hydrogens is 290 g/mol. The molecule has 1 unspecified atom stereocenters. The minimum atomic E-state index is -3.29. The summed E-state index contributed by atoms with van der Waals surface area (Å²) in [6.07, 6.45) is 1.11. The van der Waals surface area contributed by atoms with E-state index in [1.165, 1.54) is 0 Å². The molecule has 6 nitrogen and oxygen atoms in total. The number of rotatable bonds is 6. The number of anilines is 1. The van der Waals surface area contributed by atoms with Gasteiger partial charge in [0.15, 0.2) is 0 Å². The monoisotopic (exact) mass is 311 g/mol. The van der Waals surface area contributed by atoms with Crippen LogP contribution in [0.25, 0.3) is 0 Å². The number of benzene rings is 1. The minimum Gasteiger partial charge on any atom is -0.352 e. The molecule has 21 heavy (non-hydrogen) atoms. The van der Waals surface area contributed by atoms with Gasteiger partial charge < -0.3 is 10.6 Å². The molecule has 1 atom stereocenters. The van der Waals surface area contributed by atoms with Crippen LogP contribution in [0.1, 0.15) is 12.5 Å². The second kappa shape index (κ2) is 6.44. The fourth-order valence-corrected chi connectivity index (χ4v) is 2.74. The summed E-state index contributed by atoms with van der Waals surface area (Å²) in [7, 11) is -3.29. The van der Waals surface area contributed by atoms with Gasteiger partial charge in [-0.25, -0.2) is 8.42 Å². The van der Waals surface area contributed by atoms with Crippen molar-refractivity contribution in [1.29, 1.82) is 0 Å². The lowest BCUT2D eigenvalue weighted by Gasteiger charge is -2.31. The summed E-state index contributed by atoms with van der Waals surface area (Å²) < 4.78 is 24.8. The van der Waals surface area contributed by atoms with E-state index < -0.39 is 10.0 Å². The lowest BCUT2D eigenvalue weighted by atomic mass is 9.88. The molecule has 0 bridgehead atoms. The molecule has 1 aromatic carbocycles. The molecule has 1 heterocycles. The van der Waals surface area contributed by atoms with Crippen LogP contribution in [0, 0.1) is 11.8 Å². The third kappa shape index (κ3) is 4.71. The summed E-state index contributed by atoms with van der Waals surface area (Å²) in [4.78, 5) is 12.0. The van der Waals surface area contributed by atoms with E-state index in [0.717, 1.165) is 24.9 Å². The molecule has 0 spiro atoms. The largest absolute Gasteiger partial charge is 0.352 e. The number of sulfonamides is 1. The molecule has 7 heteroatoms. The molecular formula is C14H21N3O3S. The van der Waals surface area contributed by atoms with Gasteiger partial charge in [-0.05, 0) is 36.7 Å². The number of carbonyl (C=O) groups is 1. The van der Waals surface area contributed by atoms with Gasteiger partial charge in [0.1, 0.15) is 0 Å². The first-order valence-corrected chi connectivity index (χ1v) is 8.79. The molecule has 0 radical (unpaired) electrons. The summed E-state index contributed by atoms with van der Waals surface area (Å²) in [5.74, 6) is 0.426. The van der Waals surface area contributed by atoms with Crippen LogP contribution in [-0.4, -0.2) is 33.7 Å². The predicted octanol–water partition coefficient (Wildman–Crippen LogP) is 0.530. The lowest BCUT2D eigenvalue weighted by molar-refractivity contribution is -0.126. The van der Waals surface area contributed by atoms with Crippen molar-refractivity contribution in [3.8, 4) is 0 Å². The Balaban J connectivity index is 1.90. The van der Waals surface area contributed by atoms with Crippen LogP contribution >= 0.6 is 0 Å². The normalized spacial score (nSPS) is 16.9. The molecule has 0 aliphatic carbocycles. The summed E-state index contributed by atoms with van der Waals surface area (Å²) in [5, 5.41) is 6.05. The molecule has 0 aromatic heterocycles. The van der Waals surface area contributed by atoms with Crippen LogP contribution in [0.3, 0.4) is 0 Å². The number of carbonyl (C=O) groups excluding carboxylic acids is 1. The van der Waals surface area contributed by atoms with E-state index in [-0.39, 0.29) is 11.8 Å². The van der Waals surface area contributed by atoms with Crippen molar-refractivity contribution >= 4 is 21.6 Å². The molecule has 1 saturated heterocycles. The van der Waals surface area contributed by atoms with Crippen LogP contribution in [0.4, 0.5) is 5.69 Å². The molecule has 2 rings (SSSR count). The first-order chi connectivity index (χ1) is 9.85. The van der Waals surface area contributed by atoms with E-state index in [1.54, 1.807) is 18.2 Å². The highest BCUT2D eigenvalue weighted by molar-refractivity contribution is 7.92. The Kier molecular flexibility index (Phi) is 4.84. The van der Waals surface area contributed by atoms with E-state index in [4.69, 9.17) is 0 Å². The lowest BCUT2D eigenvalue weighted by Crippen LogP contribution is -2.49. The Morgan fingerprint density at radius 1 is 1.43 bits per heavy atom. The molecule has 116 valence electrons. The summed E-state index contributed by atoms with van der Waals surface area (Å²) >= 11 is 0. The van der Waals surface area contributed by atoms with Crippen molar-refractivity contribution in [2.24, 2.45) is 11.8 Å². The van der Waals surface area contributed by atoms with Crippen molar-refractivity contribution in [1.82, 2.24) is 10.6 Å². The van der Waals surface area contributed by atoms with E-state index in [9.17, 15) is 13.2 Å². The fraction of sp³-hybridized carbons (Fsp3) is 0.500. The standard InChI is InChI=1S/C14H21N3O3S/c1-10(12-8-15-9-12)14(18)16-7-11-4-3-5-13(6-11)17-21(2,19)20/h3-6,10,12,15,17H,7-9H2,1-2H3,(H,16,18). The summed E-state index contributed by atoms with van der Waals surface area (Å²) in [6, 6.07) is 7.00. The summed E-state index contributed by atoms with van der Waals surface area (Å²) in [6.45, 7) is 4.11. The highest BCUT2D eigenvalue weighted by atomic mass is 32.2. The van der Waals surface area contributed by atoms with Crippen molar-refractivity contribution in [2.75, 3.05) is 24.1 Å². The summed E-state index contributed by atoms with van der Waals surface area (Å²) in [5.41, 5.74) is 1.36. The highest BCUT2D eigenvalue weighted by Crippen LogP contribution is 2.16. The number of nitrogens with one attached hydrogen (secondary N) is 3. The Hall–Kier alpha value is -1.60. The van der Waals surface area contributed by atoms with Gasteiger partial charge in [-0.15, -0.1) is 0 Å². The topological polar surface area (TPSA) is 87.3 Å². The Morgan fingerprint density at radius 2 is 2.14 bits per heavy atom. The van der Waals surface area contributed by atoms with E-state index >= 15 is 0 Å². The maximum absolute atomic E-state index is 12.0. The van der Waals surface area contributed by atoms with Crippen LogP contribution in [-0.2, 0) is 21.4 Å². The SMILES string of the molecule is CC(C(=O)NCc1cccc(NS(C)(=O)=O)c1)C1CNC1. The molecule has 0 saturated carbocycles. The van der Waals surface area contributed by atoms with Crippen LogP contribution in [0.15, 0.2) is 24.3 Å². The third-order valence-corrected chi connectivity index (χ3v) is 4.24. The van der Waals surface area contributed by atoms with Crippen molar-refractivity contribution < 1.29 is 13.2 Å². The Bertz CT molecular complexity index is 612. The predicted molar refractivity (Wildman–Crippen MR) is 82.3 cm³/mol. The number of hydrogen-bond acceptors (Lipinski definition) is 4. The maximum atomic E-state index is 12.0. The average molecular weight is 311 g/mol. The fourth-order valence-electron chi connectivity index (χ4n) is 2.19. The van der Waals surface area contributed by atoms with Gasteiger partial charge >= 0.3 is 0 Å². The van der Waals surface area contributed by atoms with Gasteiger partial charge in [0.05, 0.1) is 6.26 Å². The zero-order valence-electron chi connectivity index (χ0n) is 12.2. The number of hydrogen-bond donors (Lipinski definition) is 3. The van der Waals surface area contributed by atoms with E-state index in [1.807, 2.05) is 13.0 Å². The number of amides is 1. The van der Waals surface area contributed by atoms with E-state index in [0.29, 0.717) is 18.2 Å². The molecule has 1 aromatic rings. The van der Waals surface area contributed by atoms with Crippen molar-refractivity contribution in [3.63, 3.8) is 0 Å². The van der Waals surface area contributed by atoms with Gasteiger partial charge in [-0.1, -0.05) is 19.1 Å². The zero-order valence-corrected chi connectivity index (χ0v) is 13.0. The van der Waals surface area contributed by atoms with Gasteiger partial charge in [0, 0.05) is 18.2 Å². The smallest absolute Gasteiger partial charge is 0.229 e. The van der Waals surface area contributed by atoms with Gasteiger partial charge in [0.2, 0.25) is 15.9 Å². The van der Waals surface area contributed by atoms with Crippen molar-refractivity contribution in [3.05, 3.63) is 29.8 Å². The Morgan fingerprint density at radius 3 is 2.71 bits per heavy atom. The van der Waals surface area contributed by atoms with E-state index in [2.05, 4.69) is 15.4 Å². The van der Waals surface area contributed by atoms with Gasteiger partial charge in [-0.3, -0.25) is 9.52 Å². The maximum Gasteiger partial charge on any atom is 0.229 e. The first kappa shape index (κ1) is 15.8. The molecule has 1 fully saturated rings. The molecule has 1 amide bonds.